The van der Waals surface area contributed by atoms with Gasteiger partial charge in [-0.25, -0.2) is 0 Å². The van der Waals surface area contributed by atoms with Crippen LogP contribution in [0.3, 0.4) is 0 Å². The first kappa shape index (κ1) is 12.8. The lowest BCUT2D eigenvalue weighted by atomic mass is 10.1. The number of nitrogens with zero attached hydrogens (tertiary/aromatic N) is 1. The van der Waals surface area contributed by atoms with E-state index in [0.717, 1.165) is 25.9 Å². The second-order valence-electron chi connectivity index (χ2n) is 5.27. The number of hydrogen-bond donors (Lipinski definition) is 2. The lowest BCUT2D eigenvalue weighted by molar-refractivity contribution is -0.144. The third kappa shape index (κ3) is 2.97. The number of ether oxygens (including phenoxy) is 1. The molecular formula is C12H23N3O2. The minimum atomic E-state index is -0.263. The van der Waals surface area contributed by atoms with Crippen molar-refractivity contribution in [2.45, 2.75) is 51.0 Å². The second-order valence-corrected chi connectivity index (χ2v) is 5.27. The number of amides is 1. The van der Waals surface area contributed by atoms with E-state index in [9.17, 15) is 4.79 Å². The Balaban J connectivity index is 1.91. The van der Waals surface area contributed by atoms with Crippen LogP contribution in [-0.2, 0) is 9.53 Å². The molecule has 2 unspecified atom stereocenters. The van der Waals surface area contributed by atoms with Gasteiger partial charge in [-0.15, -0.1) is 0 Å². The third-order valence-electron chi connectivity index (χ3n) is 3.52. The fourth-order valence-corrected chi connectivity index (χ4v) is 2.77. The standard InChI is InChI=1S/C12H23N3O2/c1-8-6-15(7-9(2)14-8)12(16)11-4-3-10(5-13)17-11/h8-11,14H,3-7,13H2,1-2H3/t8?,9?,10-,11+/m1/s1. The molecule has 5 nitrogen and oxygen atoms in total. The molecule has 3 N–H and O–H groups in total. The number of carbonyl (C=O) groups is 1. The van der Waals surface area contributed by atoms with Gasteiger partial charge in [0, 0.05) is 31.7 Å². The minimum absolute atomic E-state index is 0.0710. The smallest absolute Gasteiger partial charge is 0.251 e. The Hall–Kier alpha value is -0.650. The highest BCUT2D eigenvalue weighted by atomic mass is 16.5. The van der Waals surface area contributed by atoms with Crippen LogP contribution >= 0.6 is 0 Å². The molecule has 98 valence electrons. The largest absolute Gasteiger partial charge is 0.364 e. The first-order valence-corrected chi connectivity index (χ1v) is 6.50. The van der Waals surface area contributed by atoms with Crippen LogP contribution in [0.4, 0.5) is 0 Å². The van der Waals surface area contributed by atoms with Crippen molar-refractivity contribution in [3.63, 3.8) is 0 Å². The molecule has 0 saturated carbocycles. The number of hydrogen-bond acceptors (Lipinski definition) is 4. The van der Waals surface area contributed by atoms with Crippen molar-refractivity contribution in [2.75, 3.05) is 19.6 Å². The summed E-state index contributed by atoms with van der Waals surface area (Å²) in [6, 6.07) is 0.712. The van der Waals surface area contributed by atoms with Crippen molar-refractivity contribution in [1.29, 1.82) is 0 Å². The Labute approximate surface area is 103 Å². The molecule has 0 radical (unpaired) electrons. The summed E-state index contributed by atoms with van der Waals surface area (Å²) in [5, 5.41) is 3.42. The van der Waals surface area contributed by atoms with Crippen LogP contribution in [0.5, 0.6) is 0 Å². The van der Waals surface area contributed by atoms with Gasteiger partial charge in [0.05, 0.1) is 6.10 Å². The molecule has 0 aliphatic carbocycles. The number of nitrogens with one attached hydrogen (secondary N) is 1. The summed E-state index contributed by atoms with van der Waals surface area (Å²) in [7, 11) is 0. The first-order valence-electron chi connectivity index (χ1n) is 6.50. The molecule has 2 saturated heterocycles. The highest BCUT2D eigenvalue weighted by molar-refractivity contribution is 5.81. The molecule has 2 aliphatic heterocycles. The summed E-state index contributed by atoms with van der Waals surface area (Å²) >= 11 is 0. The van der Waals surface area contributed by atoms with Crippen molar-refractivity contribution in [2.24, 2.45) is 5.73 Å². The summed E-state index contributed by atoms with van der Waals surface area (Å²) < 4.78 is 5.66. The molecule has 0 aromatic rings. The zero-order valence-corrected chi connectivity index (χ0v) is 10.7. The van der Waals surface area contributed by atoms with Gasteiger partial charge in [0.1, 0.15) is 6.10 Å². The predicted molar refractivity (Wildman–Crippen MR) is 65.6 cm³/mol. The molecule has 0 bridgehead atoms. The fraction of sp³-hybridized carbons (Fsp3) is 0.917. The van der Waals surface area contributed by atoms with Gasteiger partial charge in [-0.05, 0) is 26.7 Å². The zero-order chi connectivity index (χ0) is 12.4. The van der Waals surface area contributed by atoms with Crippen LogP contribution in [0.25, 0.3) is 0 Å². The molecule has 5 heteroatoms. The molecule has 1 amide bonds. The molecule has 2 aliphatic rings. The van der Waals surface area contributed by atoms with Crippen LogP contribution in [0.1, 0.15) is 26.7 Å². The Bertz CT molecular complexity index is 275. The third-order valence-corrected chi connectivity index (χ3v) is 3.52. The van der Waals surface area contributed by atoms with Gasteiger partial charge in [-0.2, -0.15) is 0 Å². The van der Waals surface area contributed by atoms with E-state index in [1.807, 2.05) is 4.90 Å². The predicted octanol–water partition coefficient (Wildman–Crippen LogP) is -0.298. The Morgan fingerprint density at radius 1 is 1.35 bits per heavy atom. The summed E-state index contributed by atoms with van der Waals surface area (Å²) in [6.45, 7) is 6.27. The van der Waals surface area contributed by atoms with E-state index in [4.69, 9.17) is 10.5 Å². The Kier molecular flexibility index (Phi) is 4.01. The van der Waals surface area contributed by atoms with Crippen LogP contribution in [0, 0.1) is 0 Å². The van der Waals surface area contributed by atoms with E-state index >= 15 is 0 Å². The average Bonchev–Trinajstić information content (AvgIpc) is 2.75. The van der Waals surface area contributed by atoms with Crippen LogP contribution in [0.2, 0.25) is 0 Å². The maximum Gasteiger partial charge on any atom is 0.251 e. The first-order chi connectivity index (χ1) is 8.10. The van der Waals surface area contributed by atoms with E-state index in [2.05, 4.69) is 19.2 Å². The SMILES string of the molecule is CC1CN(C(=O)[C@@H]2CC[C@H](CN)O2)CC(C)N1. The average molecular weight is 241 g/mol. The molecule has 0 aromatic carbocycles. The number of carbonyl (C=O) groups excluding carboxylic acids is 1. The maximum absolute atomic E-state index is 12.3. The van der Waals surface area contributed by atoms with E-state index < -0.39 is 0 Å². The number of rotatable bonds is 2. The molecule has 2 heterocycles. The lowest BCUT2D eigenvalue weighted by Crippen LogP contribution is -2.57. The molecule has 17 heavy (non-hydrogen) atoms. The lowest BCUT2D eigenvalue weighted by Gasteiger charge is -2.37. The topological polar surface area (TPSA) is 67.6 Å². The van der Waals surface area contributed by atoms with Crippen molar-refractivity contribution >= 4 is 5.91 Å². The van der Waals surface area contributed by atoms with E-state index in [-0.39, 0.29) is 18.1 Å². The van der Waals surface area contributed by atoms with Crippen LogP contribution in [-0.4, -0.2) is 54.7 Å². The van der Waals surface area contributed by atoms with Crippen molar-refractivity contribution in [3.8, 4) is 0 Å². The van der Waals surface area contributed by atoms with Gasteiger partial charge in [-0.1, -0.05) is 0 Å². The minimum Gasteiger partial charge on any atom is -0.364 e. The molecule has 4 atom stereocenters. The van der Waals surface area contributed by atoms with Gasteiger partial charge in [0.2, 0.25) is 0 Å². The maximum atomic E-state index is 12.3. The molecular weight excluding hydrogens is 218 g/mol. The van der Waals surface area contributed by atoms with Gasteiger partial charge in [0.25, 0.3) is 5.91 Å². The second kappa shape index (κ2) is 5.33. The number of piperazine rings is 1. The van der Waals surface area contributed by atoms with Crippen molar-refractivity contribution in [1.82, 2.24) is 10.2 Å². The molecule has 0 aromatic heterocycles. The summed E-state index contributed by atoms with van der Waals surface area (Å²) in [4.78, 5) is 14.2. The summed E-state index contributed by atoms with van der Waals surface area (Å²) in [5.74, 6) is 0.140. The Morgan fingerprint density at radius 2 is 2.00 bits per heavy atom. The van der Waals surface area contributed by atoms with E-state index in [1.165, 1.54) is 0 Å². The van der Waals surface area contributed by atoms with E-state index in [0.29, 0.717) is 18.6 Å². The fourth-order valence-electron chi connectivity index (χ4n) is 2.77. The summed E-state index contributed by atoms with van der Waals surface area (Å²) in [6.07, 6.45) is 1.53. The van der Waals surface area contributed by atoms with Crippen LogP contribution in [0.15, 0.2) is 0 Å². The van der Waals surface area contributed by atoms with Crippen molar-refractivity contribution < 1.29 is 9.53 Å². The highest BCUT2D eigenvalue weighted by Crippen LogP contribution is 2.21. The van der Waals surface area contributed by atoms with Gasteiger partial charge in [-0.3, -0.25) is 4.79 Å². The Morgan fingerprint density at radius 3 is 2.53 bits per heavy atom. The molecule has 0 spiro atoms. The summed E-state index contributed by atoms with van der Waals surface area (Å²) in [5.41, 5.74) is 5.56. The van der Waals surface area contributed by atoms with Crippen molar-refractivity contribution in [3.05, 3.63) is 0 Å². The van der Waals surface area contributed by atoms with E-state index in [1.54, 1.807) is 0 Å². The van der Waals surface area contributed by atoms with Crippen LogP contribution < -0.4 is 11.1 Å². The van der Waals surface area contributed by atoms with Gasteiger partial charge < -0.3 is 20.7 Å². The highest BCUT2D eigenvalue weighted by Gasteiger charge is 2.35. The van der Waals surface area contributed by atoms with Gasteiger partial charge in [0.15, 0.2) is 0 Å². The van der Waals surface area contributed by atoms with Gasteiger partial charge >= 0.3 is 0 Å². The quantitative estimate of drug-likeness (QED) is 0.696. The molecule has 2 rings (SSSR count). The monoisotopic (exact) mass is 241 g/mol. The normalized spacial score (nSPS) is 38.4. The number of nitrogens with two attached hydrogens (primary N) is 1. The zero-order valence-electron chi connectivity index (χ0n) is 10.7. The molecule has 2 fully saturated rings.